The van der Waals surface area contributed by atoms with Gasteiger partial charge in [0.1, 0.15) is 35.2 Å². The highest BCUT2D eigenvalue weighted by atomic mass is 35.5. The van der Waals surface area contributed by atoms with Crippen molar-refractivity contribution in [3.8, 4) is 23.0 Å². The fraction of sp³-hybridized carbons (Fsp3) is 0.385. The van der Waals surface area contributed by atoms with Gasteiger partial charge in [0.05, 0.1) is 33.9 Å². The number of alkyl halides is 5. The number of aromatic nitrogens is 5. The standard InChI is InChI=1S/C39H33ClF7N7O4S/c1-53-33-24(7-9-27(40)31(33)36(51-53)52-59(2,57)58)23-5-4-22(10-13-37(56)11-3-12-37)48-32(23)28(16-19-14-20(41)17-21(42)15-19)49-29(55)18-54-35-30(34(50-54)39(45,46)47)25-6-8-26(25)38(35,43)44/h4-5,7,9,14-15,17,25-26,28,56H,3,6,8,11-12,16,18H2,1-2H3,(H,49,55)(H,51,52)/t25-,26+,28-/m0/s1. The Bertz CT molecular complexity index is 2720. The number of aryl methyl sites for hydroxylation is 1. The molecule has 3 atom stereocenters. The van der Waals surface area contributed by atoms with E-state index >= 15 is 8.78 Å². The zero-order valence-corrected chi connectivity index (χ0v) is 32.6. The second-order valence-electron chi connectivity index (χ2n) is 15.2. The summed E-state index contributed by atoms with van der Waals surface area (Å²) in [5.41, 5.74) is -3.47. The Morgan fingerprint density at radius 1 is 1.07 bits per heavy atom. The molecule has 20 heteroatoms. The van der Waals surface area contributed by atoms with Gasteiger partial charge in [-0.15, -0.1) is 0 Å². The molecule has 3 heterocycles. The Morgan fingerprint density at radius 3 is 2.37 bits per heavy atom. The number of nitrogens with zero attached hydrogens (tertiary/aromatic N) is 5. The van der Waals surface area contributed by atoms with E-state index < -0.39 is 93.1 Å². The van der Waals surface area contributed by atoms with Gasteiger partial charge in [-0.2, -0.15) is 32.1 Å². The number of fused-ring (bicyclic) bond motifs is 4. The quantitative estimate of drug-likeness (QED) is 0.106. The largest absolute Gasteiger partial charge is 0.435 e. The number of amides is 1. The summed E-state index contributed by atoms with van der Waals surface area (Å²) >= 11 is 6.58. The molecule has 59 heavy (non-hydrogen) atoms. The lowest BCUT2D eigenvalue weighted by molar-refractivity contribution is -0.144. The van der Waals surface area contributed by atoms with Gasteiger partial charge in [-0.3, -0.25) is 18.9 Å². The predicted molar refractivity (Wildman–Crippen MR) is 201 cm³/mol. The molecule has 5 aromatic rings. The van der Waals surface area contributed by atoms with Crippen LogP contribution in [0.4, 0.5) is 36.6 Å². The van der Waals surface area contributed by atoms with Gasteiger partial charge in [-0.1, -0.05) is 23.6 Å². The van der Waals surface area contributed by atoms with Gasteiger partial charge in [0.2, 0.25) is 15.9 Å². The minimum absolute atomic E-state index is 0.00434. The van der Waals surface area contributed by atoms with Crippen LogP contribution < -0.4 is 10.0 Å². The molecule has 8 rings (SSSR count). The van der Waals surface area contributed by atoms with E-state index in [4.69, 9.17) is 16.6 Å². The first-order valence-electron chi connectivity index (χ1n) is 18.3. The number of rotatable bonds is 9. The Morgan fingerprint density at radius 2 is 1.76 bits per heavy atom. The molecule has 1 amide bonds. The molecule has 3 aliphatic rings. The van der Waals surface area contributed by atoms with E-state index in [0.717, 1.165) is 24.8 Å². The first-order chi connectivity index (χ1) is 27.6. The van der Waals surface area contributed by atoms with Crippen LogP contribution in [0.5, 0.6) is 0 Å². The molecule has 0 aliphatic heterocycles. The first kappa shape index (κ1) is 40.6. The highest BCUT2D eigenvalue weighted by molar-refractivity contribution is 7.92. The van der Waals surface area contributed by atoms with Crippen molar-refractivity contribution >= 4 is 44.3 Å². The summed E-state index contributed by atoms with van der Waals surface area (Å²) < 4.78 is 132. The second-order valence-corrected chi connectivity index (χ2v) is 17.4. The van der Waals surface area contributed by atoms with Crippen molar-refractivity contribution in [3.63, 3.8) is 0 Å². The molecule has 310 valence electrons. The van der Waals surface area contributed by atoms with Crippen LogP contribution >= 0.6 is 11.6 Å². The summed E-state index contributed by atoms with van der Waals surface area (Å²) in [6.45, 7) is -1.09. The van der Waals surface area contributed by atoms with Crippen molar-refractivity contribution in [2.45, 2.75) is 74.7 Å². The third kappa shape index (κ3) is 7.50. The van der Waals surface area contributed by atoms with Crippen LogP contribution in [-0.4, -0.2) is 55.8 Å². The molecule has 0 unspecified atom stereocenters. The lowest BCUT2D eigenvalue weighted by atomic mass is 9.73. The zero-order valence-electron chi connectivity index (χ0n) is 31.1. The van der Waals surface area contributed by atoms with Crippen LogP contribution in [0.2, 0.25) is 5.02 Å². The van der Waals surface area contributed by atoms with Crippen LogP contribution in [0.3, 0.4) is 0 Å². The summed E-state index contributed by atoms with van der Waals surface area (Å²) in [4.78, 5) is 18.8. The topological polar surface area (TPSA) is 144 Å². The van der Waals surface area contributed by atoms with E-state index in [2.05, 4.69) is 32.1 Å². The maximum Gasteiger partial charge on any atom is 0.435 e. The lowest BCUT2D eigenvalue weighted by Crippen LogP contribution is -2.36. The number of carbonyl (C=O) groups excluding carboxylic acids is 1. The zero-order chi connectivity index (χ0) is 42.4. The summed E-state index contributed by atoms with van der Waals surface area (Å²) in [6.07, 6.45) is -2.90. The number of halogens is 8. The van der Waals surface area contributed by atoms with E-state index in [9.17, 15) is 40.3 Å². The summed E-state index contributed by atoms with van der Waals surface area (Å²) in [7, 11) is -2.34. The number of nitrogens with one attached hydrogen (secondary N) is 2. The molecule has 3 N–H and O–H groups in total. The van der Waals surface area contributed by atoms with Gasteiger partial charge < -0.3 is 10.4 Å². The van der Waals surface area contributed by atoms with Crippen molar-refractivity contribution in [1.29, 1.82) is 0 Å². The lowest BCUT2D eigenvalue weighted by Gasteiger charge is -2.34. The van der Waals surface area contributed by atoms with Gasteiger partial charge in [-0.25, -0.2) is 22.2 Å². The molecule has 3 aromatic heterocycles. The van der Waals surface area contributed by atoms with Crippen molar-refractivity contribution < 1.29 is 49.1 Å². The number of anilines is 1. The van der Waals surface area contributed by atoms with Crippen LogP contribution in [-0.2, 0) is 46.9 Å². The Kier molecular flexibility index (Phi) is 9.79. The van der Waals surface area contributed by atoms with Crippen LogP contribution in [0.25, 0.3) is 22.0 Å². The van der Waals surface area contributed by atoms with Crippen LogP contribution in [0, 0.1) is 29.4 Å². The third-order valence-corrected chi connectivity index (χ3v) is 11.9. The number of hydrogen-bond donors (Lipinski definition) is 3. The van der Waals surface area contributed by atoms with Crippen molar-refractivity contribution in [3.05, 3.63) is 93.0 Å². The Balaban J connectivity index is 1.28. The second kappa shape index (κ2) is 14.2. The van der Waals surface area contributed by atoms with Gasteiger partial charge in [-0.05, 0) is 86.3 Å². The SMILES string of the molecule is Cn1nc(NS(C)(=O)=O)c2c(Cl)ccc(-c3ccc(C#CC4(O)CCC4)nc3[C@H](Cc3cc(F)cc(F)c3)NC(=O)Cn3nc(C(F)(F)F)c4c3C(F)(F)[C@@H]3CC[C@H]43)c21. The molecule has 0 radical (unpaired) electrons. The predicted octanol–water partition coefficient (Wildman–Crippen LogP) is 7.12. The molecule has 0 bridgehead atoms. The normalized spacial score (nSPS) is 19.5. The third-order valence-electron chi connectivity index (χ3n) is 11.0. The minimum Gasteiger partial charge on any atom is -0.378 e. The highest BCUT2D eigenvalue weighted by Gasteiger charge is 2.63. The van der Waals surface area contributed by atoms with Gasteiger partial charge in [0.15, 0.2) is 11.5 Å². The number of carbonyl (C=O) groups is 1. The van der Waals surface area contributed by atoms with E-state index in [1.165, 1.54) is 23.9 Å². The van der Waals surface area contributed by atoms with Crippen LogP contribution in [0.1, 0.15) is 78.0 Å². The number of aliphatic hydroxyl groups is 1. The number of hydrogen-bond acceptors (Lipinski definition) is 7. The maximum absolute atomic E-state index is 15.7. The van der Waals surface area contributed by atoms with Gasteiger partial charge in [0.25, 0.3) is 5.92 Å². The fourth-order valence-electron chi connectivity index (χ4n) is 8.21. The summed E-state index contributed by atoms with van der Waals surface area (Å²) in [5.74, 6) is -3.65. The maximum atomic E-state index is 15.7. The molecule has 2 fully saturated rings. The smallest absolute Gasteiger partial charge is 0.378 e. The molecule has 2 aromatic carbocycles. The minimum atomic E-state index is -5.09. The monoisotopic (exact) mass is 863 g/mol. The molecule has 2 saturated carbocycles. The number of sulfonamides is 1. The average Bonchev–Trinajstić information content (AvgIpc) is 3.67. The van der Waals surface area contributed by atoms with E-state index in [0.29, 0.717) is 29.2 Å². The average molecular weight is 864 g/mol. The number of benzene rings is 2. The molecular weight excluding hydrogens is 831 g/mol. The molecular formula is C39H33ClF7N7O4S. The molecule has 11 nitrogen and oxygen atoms in total. The molecule has 3 aliphatic carbocycles. The summed E-state index contributed by atoms with van der Waals surface area (Å²) in [6, 6.07) is 7.30. The molecule has 0 spiro atoms. The van der Waals surface area contributed by atoms with Crippen molar-refractivity contribution in [2.24, 2.45) is 13.0 Å². The number of pyridine rings is 1. The van der Waals surface area contributed by atoms with E-state index in [1.54, 1.807) is 12.1 Å². The Hall–Kier alpha value is -5.19. The van der Waals surface area contributed by atoms with Crippen molar-refractivity contribution in [1.82, 2.24) is 29.9 Å². The van der Waals surface area contributed by atoms with E-state index in [-0.39, 0.29) is 57.1 Å². The van der Waals surface area contributed by atoms with Crippen molar-refractivity contribution in [2.75, 3.05) is 11.0 Å². The first-order valence-corrected chi connectivity index (χ1v) is 20.6. The Labute approximate surface area is 337 Å². The van der Waals surface area contributed by atoms with E-state index in [1.807, 2.05) is 0 Å². The van der Waals surface area contributed by atoms with Crippen LogP contribution in [0.15, 0.2) is 42.5 Å². The fourth-order valence-corrected chi connectivity index (χ4v) is 8.95. The van der Waals surface area contributed by atoms with Gasteiger partial charge >= 0.3 is 6.18 Å². The summed E-state index contributed by atoms with van der Waals surface area (Å²) in [5, 5.41) is 21.4. The highest BCUT2D eigenvalue weighted by Crippen LogP contribution is 2.64. The molecule has 0 saturated heterocycles. The van der Waals surface area contributed by atoms with Gasteiger partial charge in [0, 0.05) is 35.7 Å².